The number of amides is 1. The van der Waals surface area contributed by atoms with E-state index in [1.54, 1.807) is 6.92 Å². The van der Waals surface area contributed by atoms with Gasteiger partial charge in [-0.2, -0.15) is 0 Å². The van der Waals surface area contributed by atoms with Crippen molar-refractivity contribution in [2.45, 2.75) is 25.8 Å². The van der Waals surface area contributed by atoms with E-state index in [1.165, 1.54) is 0 Å². The van der Waals surface area contributed by atoms with Crippen molar-refractivity contribution in [2.24, 2.45) is 5.73 Å². The zero-order valence-corrected chi connectivity index (χ0v) is 9.65. The Balaban J connectivity index is 4.32. The van der Waals surface area contributed by atoms with Crippen molar-refractivity contribution >= 4 is 15.7 Å². The molecule has 6 heteroatoms. The maximum absolute atomic E-state index is 11.2. The zero-order chi connectivity index (χ0) is 11.4. The lowest BCUT2D eigenvalue weighted by Crippen LogP contribution is -2.52. The second-order valence-corrected chi connectivity index (χ2v) is 5.88. The first-order chi connectivity index (χ1) is 6.22. The SMILES string of the molecule is CCC(C)(CN)NC(=O)CS(C)(=O)=O. The highest BCUT2D eigenvalue weighted by Gasteiger charge is 2.23. The predicted molar refractivity (Wildman–Crippen MR) is 55.6 cm³/mol. The Hall–Kier alpha value is -0.620. The first-order valence-corrected chi connectivity index (χ1v) is 6.47. The number of hydrogen-bond acceptors (Lipinski definition) is 4. The standard InChI is InChI=1S/C8H18N2O3S/c1-4-8(2,6-9)10-7(11)5-14(3,12)13/h4-6,9H2,1-3H3,(H,10,11). The summed E-state index contributed by atoms with van der Waals surface area (Å²) in [7, 11) is -3.27. The third kappa shape index (κ3) is 5.18. The minimum atomic E-state index is -3.27. The summed E-state index contributed by atoms with van der Waals surface area (Å²) in [5.74, 6) is -0.981. The Kier molecular flexibility index (Phi) is 4.54. The number of nitrogens with two attached hydrogens (primary N) is 1. The Morgan fingerprint density at radius 3 is 2.29 bits per heavy atom. The molecule has 14 heavy (non-hydrogen) atoms. The maximum atomic E-state index is 11.2. The smallest absolute Gasteiger partial charge is 0.235 e. The summed E-state index contributed by atoms with van der Waals surface area (Å²) in [6, 6.07) is 0. The molecular formula is C8H18N2O3S. The molecule has 0 aromatic carbocycles. The van der Waals surface area contributed by atoms with E-state index in [0.29, 0.717) is 13.0 Å². The molecule has 0 aliphatic carbocycles. The second kappa shape index (κ2) is 4.75. The van der Waals surface area contributed by atoms with Gasteiger partial charge in [-0.1, -0.05) is 6.92 Å². The molecule has 3 N–H and O–H groups in total. The number of nitrogens with one attached hydrogen (secondary N) is 1. The Morgan fingerprint density at radius 2 is 2.00 bits per heavy atom. The number of carbonyl (C=O) groups is 1. The maximum Gasteiger partial charge on any atom is 0.235 e. The van der Waals surface area contributed by atoms with Crippen LogP contribution >= 0.6 is 0 Å². The minimum Gasteiger partial charge on any atom is -0.349 e. The van der Waals surface area contributed by atoms with Crippen LogP contribution in [-0.4, -0.2) is 38.4 Å². The molecule has 0 aromatic rings. The van der Waals surface area contributed by atoms with Gasteiger partial charge in [0.2, 0.25) is 5.91 Å². The molecule has 1 amide bonds. The van der Waals surface area contributed by atoms with Gasteiger partial charge < -0.3 is 11.1 Å². The summed E-state index contributed by atoms with van der Waals surface area (Å²) in [6.45, 7) is 3.96. The van der Waals surface area contributed by atoms with Crippen molar-refractivity contribution in [3.8, 4) is 0 Å². The number of carbonyl (C=O) groups excluding carboxylic acids is 1. The van der Waals surface area contributed by atoms with Crippen molar-refractivity contribution in [1.29, 1.82) is 0 Å². The molecule has 0 heterocycles. The van der Waals surface area contributed by atoms with E-state index in [4.69, 9.17) is 5.73 Å². The van der Waals surface area contributed by atoms with Crippen molar-refractivity contribution < 1.29 is 13.2 Å². The van der Waals surface area contributed by atoms with Crippen LogP contribution in [0.15, 0.2) is 0 Å². The lowest BCUT2D eigenvalue weighted by Gasteiger charge is -2.27. The Labute approximate surface area is 85.0 Å². The van der Waals surface area contributed by atoms with Crippen molar-refractivity contribution in [3.05, 3.63) is 0 Å². The van der Waals surface area contributed by atoms with Gasteiger partial charge in [0.05, 0.1) is 0 Å². The summed E-state index contributed by atoms with van der Waals surface area (Å²) in [5.41, 5.74) is 4.95. The van der Waals surface area contributed by atoms with Crippen LogP contribution in [0.5, 0.6) is 0 Å². The molecule has 0 aliphatic rings. The van der Waals surface area contributed by atoms with E-state index in [0.717, 1.165) is 6.26 Å². The summed E-state index contributed by atoms with van der Waals surface area (Å²) in [4.78, 5) is 11.2. The molecule has 0 rings (SSSR count). The first-order valence-electron chi connectivity index (χ1n) is 4.41. The zero-order valence-electron chi connectivity index (χ0n) is 8.83. The third-order valence-corrected chi connectivity index (χ3v) is 2.85. The molecule has 0 aromatic heterocycles. The van der Waals surface area contributed by atoms with Crippen LogP contribution in [0, 0.1) is 0 Å². The molecule has 0 saturated carbocycles. The Bertz CT molecular complexity index is 294. The Morgan fingerprint density at radius 1 is 1.50 bits per heavy atom. The summed E-state index contributed by atoms with van der Waals surface area (Å²) < 4.78 is 21.6. The van der Waals surface area contributed by atoms with Gasteiger partial charge in [-0.15, -0.1) is 0 Å². The van der Waals surface area contributed by atoms with Crippen LogP contribution in [0.2, 0.25) is 0 Å². The molecule has 5 nitrogen and oxygen atoms in total. The van der Waals surface area contributed by atoms with Crippen LogP contribution in [0.4, 0.5) is 0 Å². The fourth-order valence-electron chi connectivity index (χ4n) is 0.895. The molecule has 1 atom stereocenters. The van der Waals surface area contributed by atoms with Gasteiger partial charge in [0, 0.05) is 18.3 Å². The second-order valence-electron chi connectivity index (χ2n) is 3.74. The highest BCUT2D eigenvalue weighted by atomic mass is 32.2. The molecule has 1 unspecified atom stereocenters. The van der Waals surface area contributed by atoms with Gasteiger partial charge in [0.1, 0.15) is 5.75 Å². The van der Waals surface area contributed by atoms with Crippen LogP contribution in [0.25, 0.3) is 0 Å². The number of hydrogen-bond donors (Lipinski definition) is 2. The number of rotatable bonds is 5. The van der Waals surface area contributed by atoms with Crippen molar-refractivity contribution in [2.75, 3.05) is 18.6 Å². The van der Waals surface area contributed by atoms with E-state index >= 15 is 0 Å². The van der Waals surface area contributed by atoms with E-state index < -0.39 is 27.0 Å². The summed E-state index contributed by atoms with van der Waals surface area (Å²) in [5, 5.41) is 2.61. The quantitative estimate of drug-likeness (QED) is 0.642. The van der Waals surface area contributed by atoms with Gasteiger partial charge in [0.25, 0.3) is 0 Å². The molecule has 0 radical (unpaired) electrons. The monoisotopic (exact) mass is 222 g/mol. The van der Waals surface area contributed by atoms with Crippen LogP contribution in [0.1, 0.15) is 20.3 Å². The van der Waals surface area contributed by atoms with Crippen molar-refractivity contribution in [1.82, 2.24) is 5.32 Å². The predicted octanol–water partition coefficient (Wildman–Crippen LogP) is -0.725. The van der Waals surface area contributed by atoms with Gasteiger partial charge in [-0.3, -0.25) is 4.79 Å². The van der Waals surface area contributed by atoms with E-state index in [-0.39, 0.29) is 0 Å². The fraction of sp³-hybridized carbons (Fsp3) is 0.875. The van der Waals surface area contributed by atoms with E-state index in [9.17, 15) is 13.2 Å². The van der Waals surface area contributed by atoms with E-state index in [2.05, 4.69) is 5.32 Å². The lowest BCUT2D eigenvalue weighted by molar-refractivity contribution is -0.120. The van der Waals surface area contributed by atoms with Gasteiger partial charge in [0.15, 0.2) is 9.84 Å². The van der Waals surface area contributed by atoms with Crippen molar-refractivity contribution in [3.63, 3.8) is 0 Å². The topological polar surface area (TPSA) is 89.3 Å². The van der Waals surface area contributed by atoms with Crippen LogP contribution < -0.4 is 11.1 Å². The largest absolute Gasteiger partial charge is 0.349 e. The molecule has 0 spiro atoms. The van der Waals surface area contributed by atoms with Gasteiger partial charge in [-0.25, -0.2) is 8.42 Å². The first kappa shape index (κ1) is 13.4. The summed E-state index contributed by atoms with van der Waals surface area (Å²) >= 11 is 0. The normalized spacial score (nSPS) is 16.0. The lowest BCUT2D eigenvalue weighted by atomic mass is 9.99. The van der Waals surface area contributed by atoms with Gasteiger partial charge >= 0.3 is 0 Å². The fourth-order valence-corrected chi connectivity index (χ4v) is 1.44. The number of sulfone groups is 1. The molecular weight excluding hydrogens is 204 g/mol. The molecule has 0 aliphatic heterocycles. The average molecular weight is 222 g/mol. The van der Waals surface area contributed by atoms with Crippen LogP contribution in [-0.2, 0) is 14.6 Å². The molecule has 84 valence electrons. The van der Waals surface area contributed by atoms with Gasteiger partial charge in [-0.05, 0) is 13.3 Å². The van der Waals surface area contributed by atoms with E-state index in [1.807, 2.05) is 6.92 Å². The third-order valence-electron chi connectivity index (χ3n) is 2.07. The molecule has 0 saturated heterocycles. The summed E-state index contributed by atoms with van der Waals surface area (Å²) in [6.07, 6.45) is 1.69. The highest BCUT2D eigenvalue weighted by molar-refractivity contribution is 7.91. The van der Waals surface area contributed by atoms with Crippen LogP contribution in [0.3, 0.4) is 0 Å². The highest BCUT2D eigenvalue weighted by Crippen LogP contribution is 2.06. The molecule has 0 bridgehead atoms. The minimum absolute atomic E-state index is 0.291. The average Bonchev–Trinajstić information content (AvgIpc) is 2.00. The molecule has 0 fully saturated rings.